The van der Waals surface area contributed by atoms with Crippen molar-refractivity contribution in [1.29, 1.82) is 0 Å². The molecular weight excluding hydrogens is 324 g/mol. The zero-order valence-electron chi connectivity index (χ0n) is 11.5. The van der Waals surface area contributed by atoms with Gasteiger partial charge in [-0.2, -0.15) is 0 Å². The van der Waals surface area contributed by atoms with Crippen LogP contribution in [0.15, 0.2) is 16.6 Å². The van der Waals surface area contributed by atoms with E-state index in [4.69, 9.17) is 19.9 Å². The summed E-state index contributed by atoms with van der Waals surface area (Å²) in [6.45, 7) is 5.42. The molecule has 6 heteroatoms. The van der Waals surface area contributed by atoms with Gasteiger partial charge in [-0.25, -0.2) is 0 Å². The Balaban J connectivity index is 1.91. The molecule has 20 heavy (non-hydrogen) atoms. The Labute approximate surface area is 127 Å². The summed E-state index contributed by atoms with van der Waals surface area (Å²) in [7, 11) is 0. The van der Waals surface area contributed by atoms with Crippen molar-refractivity contribution in [1.82, 2.24) is 4.90 Å². The zero-order chi connectivity index (χ0) is 14.1. The zero-order valence-corrected chi connectivity index (χ0v) is 13.1. The van der Waals surface area contributed by atoms with Crippen LogP contribution in [-0.4, -0.2) is 44.0 Å². The fraction of sp³-hybridized carbons (Fsp3) is 0.571. The third kappa shape index (κ3) is 2.53. The average Bonchev–Trinajstić information content (AvgIpc) is 2.91. The van der Waals surface area contributed by atoms with Gasteiger partial charge in [0, 0.05) is 25.2 Å². The number of benzene rings is 1. The van der Waals surface area contributed by atoms with Crippen molar-refractivity contribution >= 4 is 15.9 Å². The summed E-state index contributed by atoms with van der Waals surface area (Å²) < 4.78 is 17.3. The van der Waals surface area contributed by atoms with Crippen LogP contribution in [-0.2, 0) is 4.74 Å². The highest BCUT2D eigenvalue weighted by Gasteiger charge is 2.29. The van der Waals surface area contributed by atoms with E-state index in [-0.39, 0.29) is 12.8 Å². The number of nitrogens with zero attached hydrogens (tertiary/aromatic N) is 1. The Bertz CT molecular complexity index is 498. The van der Waals surface area contributed by atoms with E-state index in [1.807, 2.05) is 6.07 Å². The number of morpholine rings is 1. The number of hydrogen-bond acceptors (Lipinski definition) is 5. The first-order valence-electron chi connectivity index (χ1n) is 6.83. The standard InChI is InChI=1S/C14H19BrN2O3/c1-9-7-18-3-2-17(9)12(6-16)10-4-11(15)14-13(5-10)19-8-20-14/h4-5,9,12H,2-3,6-8,16H2,1H3. The maximum Gasteiger partial charge on any atom is 0.231 e. The highest BCUT2D eigenvalue weighted by atomic mass is 79.9. The molecule has 0 aromatic heterocycles. The van der Waals surface area contributed by atoms with Crippen molar-refractivity contribution in [2.45, 2.75) is 19.0 Å². The van der Waals surface area contributed by atoms with E-state index < -0.39 is 0 Å². The van der Waals surface area contributed by atoms with Gasteiger partial charge in [0.15, 0.2) is 11.5 Å². The van der Waals surface area contributed by atoms with Gasteiger partial charge in [0.05, 0.1) is 17.7 Å². The lowest BCUT2D eigenvalue weighted by molar-refractivity contribution is -0.0209. The van der Waals surface area contributed by atoms with E-state index in [9.17, 15) is 0 Å². The molecule has 5 nitrogen and oxygen atoms in total. The normalized spacial score (nSPS) is 23.9. The van der Waals surface area contributed by atoms with Crippen LogP contribution in [0.25, 0.3) is 0 Å². The maximum atomic E-state index is 6.02. The molecule has 1 saturated heterocycles. The van der Waals surface area contributed by atoms with Crippen LogP contribution in [0.5, 0.6) is 11.5 Å². The summed E-state index contributed by atoms with van der Waals surface area (Å²) in [5.41, 5.74) is 7.17. The minimum Gasteiger partial charge on any atom is -0.454 e. The summed E-state index contributed by atoms with van der Waals surface area (Å²) in [4.78, 5) is 2.40. The molecule has 0 bridgehead atoms. The van der Waals surface area contributed by atoms with Crippen molar-refractivity contribution in [3.63, 3.8) is 0 Å². The smallest absolute Gasteiger partial charge is 0.231 e. The van der Waals surface area contributed by atoms with Crippen molar-refractivity contribution < 1.29 is 14.2 Å². The molecule has 2 unspecified atom stereocenters. The lowest BCUT2D eigenvalue weighted by Gasteiger charge is -2.39. The third-order valence-electron chi connectivity index (χ3n) is 3.88. The Morgan fingerprint density at radius 3 is 3.05 bits per heavy atom. The highest BCUT2D eigenvalue weighted by Crippen LogP contribution is 2.42. The van der Waals surface area contributed by atoms with Gasteiger partial charge in [0.25, 0.3) is 0 Å². The Hall–Kier alpha value is -0.820. The number of ether oxygens (including phenoxy) is 3. The third-order valence-corrected chi connectivity index (χ3v) is 4.47. The van der Waals surface area contributed by atoms with Gasteiger partial charge in [-0.05, 0) is 40.5 Å². The number of hydrogen-bond donors (Lipinski definition) is 1. The number of rotatable bonds is 3. The minimum absolute atomic E-state index is 0.166. The molecule has 1 aromatic carbocycles. The van der Waals surface area contributed by atoms with E-state index in [0.29, 0.717) is 12.6 Å². The Morgan fingerprint density at radius 2 is 2.30 bits per heavy atom. The van der Waals surface area contributed by atoms with Crippen LogP contribution in [0.2, 0.25) is 0 Å². The Kier molecular flexibility index (Phi) is 4.16. The molecule has 2 heterocycles. The van der Waals surface area contributed by atoms with Crippen LogP contribution >= 0.6 is 15.9 Å². The molecule has 0 aliphatic carbocycles. The quantitative estimate of drug-likeness (QED) is 0.909. The predicted octanol–water partition coefficient (Wildman–Crippen LogP) is 1.90. The molecule has 110 valence electrons. The second kappa shape index (κ2) is 5.89. The molecule has 0 radical (unpaired) electrons. The van der Waals surface area contributed by atoms with Gasteiger partial charge in [0.2, 0.25) is 6.79 Å². The summed E-state index contributed by atoms with van der Waals surface area (Å²) in [6, 6.07) is 4.64. The topological polar surface area (TPSA) is 57.0 Å². The van der Waals surface area contributed by atoms with Gasteiger partial charge < -0.3 is 19.9 Å². The summed E-state index contributed by atoms with van der Waals surface area (Å²) in [6.07, 6.45) is 0. The second-order valence-electron chi connectivity index (χ2n) is 5.15. The monoisotopic (exact) mass is 342 g/mol. The van der Waals surface area contributed by atoms with Crippen LogP contribution in [0.4, 0.5) is 0 Å². The summed E-state index contributed by atoms with van der Waals surface area (Å²) in [5.74, 6) is 1.56. The average molecular weight is 343 g/mol. The first-order chi connectivity index (χ1) is 9.70. The van der Waals surface area contributed by atoms with Gasteiger partial charge in [0.1, 0.15) is 0 Å². The molecule has 2 aliphatic heterocycles. The fourth-order valence-electron chi connectivity index (χ4n) is 2.85. The first kappa shape index (κ1) is 14.1. The van der Waals surface area contributed by atoms with Gasteiger partial charge in [-0.15, -0.1) is 0 Å². The molecule has 2 atom stereocenters. The second-order valence-corrected chi connectivity index (χ2v) is 6.00. The van der Waals surface area contributed by atoms with Crippen molar-refractivity contribution in [3.05, 3.63) is 22.2 Å². The largest absolute Gasteiger partial charge is 0.454 e. The summed E-state index contributed by atoms with van der Waals surface area (Å²) in [5, 5.41) is 0. The first-order valence-corrected chi connectivity index (χ1v) is 7.62. The molecule has 0 amide bonds. The number of fused-ring (bicyclic) bond motifs is 1. The molecule has 3 rings (SSSR count). The molecule has 0 spiro atoms. The molecule has 1 fully saturated rings. The van der Waals surface area contributed by atoms with Gasteiger partial charge in [-0.3, -0.25) is 4.90 Å². The SMILES string of the molecule is CC1COCCN1C(CN)c1cc(Br)c2c(c1)OCO2. The van der Waals surface area contributed by atoms with Crippen molar-refractivity contribution in [2.75, 3.05) is 33.1 Å². The lowest BCUT2D eigenvalue weighted by Crippen LogP contribution is -2.47. The molecule has 1 aromatic rings. The van der Waals surface area contributed by atoms with Crippen LogP contribution in [0.1, 0.15) is 18.5 Å². The molecule has 0 saturated carbocycles. The maximum absolute atomic E-state index is 6.02. The number of nitrogens with two attached hydrogens (primary N) is 1. The summed E-state index contributed by atoms with van der Waals surface area (Å²) >= 11 is 3.55. The lowest BCUT2D eigenvalue weighted by atomic mass is 10.0. The van der Waals surface area contributed by atoms with E-state index in [0.717, 1.165) is 41.3 Å². The number of halogens is 1. The minimum atomic E-state index is 0.166. The van der Waals surface area contributed by atoms with Crippen molar-refractivity contribution in [3.8, 4) is 11.5 Å². The van der Waals surface area contributed by atoms with Gasteiger partial charge >= 0.3 is 0 Å². The van der Waals surface area contributed by atoms with Crippen LogP contribution in [0.3, 0.4) is 0 Å². The predicted molar refractivity (Wildman–Crippen MR) is 79.0 cm³/mol. The van der Waals surface area contributed by atoms with Crippen LogP contribution in [0, 0.1) is 0 Å². The van der Waals surface area contributed by atoms with E-state index in [1.54, 1.807) is 0 Å². The molecular formula is C14H19BrN2O3. The van der Waals surface area contributed by atoms with Crippen molar-refractivity contribution in [2.24, 2.45) is 5.73 Å². The van der Waals surface area contributed by atoms with Gasteiger partial charge in [-0.1, -0.05) is 0 Å². The fourth-order valence-corrected chi connectivity index (χ4v) is 3.42. The van der Waals surface area contributed by atoms with Crippen LogP contribution < -0.4 is 15.2 Å². The van der Waals surface area contributed by atoms with E-state index in [1.165, 1.54) is 0 Å². The highest BCUT2D eigenvalue weighted by molar-refractivity contribution is 9.10. The Morgan fingerprint density at radius 1 is 1.45 bits per heavy atom. The van der Waals surface area contributed by atoms with E-state index in [2.05, 4.69) is 33.8 Å². The van der Waals surface area contributed by atoms with E-state index >= 15 is 0 Å². The molecule has 2 aliphatic rings. The molecule has 2 N–H and O–H groups in total.